The summed E-state index contributed by atoms with van der Waals surface area (Å²) in [4.78, 5) is 12.4. The second-order valence-electron chi connectivity index (χ2n) is 7.41. The number of ether oxygens (including phenoxy) is 2. The van der Waals surface area contributed by atoms with Gasteiger partial charge in [0.1, 0.15) is 5.75 Å². The van der Waals surface area contributed by atoms with Gasteiger partial charge in [-0.2, -0.15) is 0 Å². The van der Waals surface area contributed by atoms with Gasteiger partial charge in [0.2, 0.25) is 5.91 Å². The Morgan fingerprint density at radius 3 is 2.92 bits per heavy atom. The van der Waals surface area contributed by atoms with Gasteiger partial charge in [-0.05, 0) is 62.9 Å². The molecule has 144 valence electrons. The Morgan fingerprint density at radius 1 is 1.42 bits per heavy atom. The first kappa shape index (κ1) is 19.5. The van der Waals surface area contributed by atoms with E-state index >= 15 is 0 Å². The summed E-state index contributed by atoms with van der Waals surface area (Å²) < 4.78 is 11.2. The van der Waals surface area contributed by atoms with Crippen molar-refractivity contribution >= 4 is 17.5 Å². The molecule has 2 aliphatic heterocycles. The largest absolute Gasteiger partial charge is 0.496 e. The topological polar surface area (TPSA) is 59.6 Å². The van der Waals surface area contributed by atoms with Crippen LogP contribution in [0.2, 0.25) is 5.02 Å². The van der Waals surface area contributed by atoms with Crippen molar-refractivity contribution < 1.29 is 14.3 Å². The van der Waals surface area contributed by atoms with Crippen molar-refractivity contribution in [2.45, 2.75) is 37.5 Å². The average Bonchev–Trinajstić information content (AvgIpc) is 3.19. The summed E-state index contributed by atoms with van der Waals surface area (Å²) in [5.74, 6) is 1.58. The molecule has 0 bridgehead atoms. The lowest BCUT2D eigenvalue weighted by Gasteiger charge is -2.38. The van der Waals surface area contributed by atoms with Gasteiger partial charge in [0.25, 0.3) is 0 Å². The van der Waals surface area contributed by atoms with E-state index in [4.69, 9.17) is 21.1 Å². The number of hydrogen-bond acceptors (Lipinski definition) is 4. The average molecular weight is 381 g/mol. The van der Waals surface area contributed by atoms with E-state index in [0.717, 1.165) is 43.7 Å². The Hall–Kier alpha value is -1.30. The molecule has 5 nitrogen and oxygen atoms in total. The molecule has 1 unspecified atom stereocenters. The van der Waals surface area contributed by atoms with E-state index in [-0.39, 0.29) is 11.3 Å². The first-order valence-electron chi connectivity index (χ1n) is 9.52. The maximum absolute atomic E-state index is 12.4. The fraction of sp³-hybridized carbons (Fsp3) is 0.650. The number of rotatable bonds is 7. The molecule has 6 heteroatoms. The van der Waals surface area contributed by atoms with Crippen LogP contribution in [0.3, 0.4) is 0 Å². The number of hydrogen-bond donors (Lipinski definition) is 2. The zero-order valence-electron chi connectivity index (χ0n) is 15.5. The monoisotopic (exact) mass is 380 g/mol. The maximum Gasteiger partial charge on any atom is 0.220 e. The summed E-state index contributed by atoms with van der Waals surface area (Å²) in [5.41, 5.74) is 0.870. The van der Waals surface area contributed by atoms with Crippen LogP contribution < -0.4 is 15.4 Å². The number of amides is 1. The smallest absolute Gasteiger partial charge is 0.220 e. The minimum absolute atomic E-state index is 0.128. The highest BCUT2D eigenvalue weighted by molar-refractivity contribution is 6.30. The van der Waals surface area contributed by atoms with Crippen LogP contribution >= 0.6 is 11.6 Å². The molecule has 1 aromatic carbocycles. The van der Waals surface area contributed by atoms with E-state index in [2.05, 4.69) is 10.6 Å². The van der Waals surface area contributed by atoms with Crippen LogP contribution in [0, 0.1) is 5.92 Å². The lowest BCUT2D eigenvalue weighted by molar-refractivity contribution is -0.121. The second-order valence-corrected chi connectivity index (χ2v) is 7.85. The first-order valence-corrected chi connectivity index (χ1v) is 9.90. The lowest BCUT2D eigenvalue weighted by Crippen LogP contribution is -2.44. The molecular weight excluding hydrogens is 352 g/mol. The molecule has 2 aliphatic rings. The summed E-state index contributed by atoms with van der Waals surface area (Å²) >= 11 is 6.26. The van der Waals surface area contributed by atoms with Crippen LogP contribution in [-0.2, 0) is 14.9 Å². The fourth-order valence-corrected chi connectivity index (χ4v) is 4.22. The Kier molecular flexibility index (Phi) is 6.79. The van der Waals surface area contributed by atoms with Gasteiger partial charge in [0.05, 0.1) is 7.11 Å². The molecule has 26 heavy (non-hydrogen) atoms. The molecule has 0 spiro atoms. The van der Waals surface area contributed by atoms with Crippen molar-refractivity contribution in [3.63, 3.8) is 0 Å². The molecule has 0 aliphatic carbocycles. The lowest BCUT2D eigenvalue weighted by atomic mass is 9.73. The molecule has 0 radical (unpaired) electrons. The molecule has 0 saturated carbocycles. The maximum atomic E-state index is 12.4. The van der Waals surface area contributed by atoms with Gasteiger partial charge in [-0.1, -0.05) is 11.6 Å². The van der Waals surface area contributed by atoms with E-state index < -0.39 is 0 Å². The minimum atomic E-state index is -0.195. The Balaban J connectivity index is 1.67. The summed E-state index contributed by atoms with van der Waals surface area (Å²) in [6.45, 7) is 4.06. The highest BCUT2D eigenvalue weighted by atomic mass is 35.5. The molecule has 2 heterocycles. The second kappa shape index (κ2) is 9.07. The zero-order valence-corrected chi connectivity index (χ0v) is 16.2. The third-order valence-corrected chi connectivity index (χ3v) is 5.98. The normalized spacial score (nSPS) is 22.2. The molecule has 0 aromatic heterocycles. The zero-order chi connectivity index (χ0) is 18.4. The van der Waals surface area contributed by atoms with Crippen LogP contribution in [-0.4, -0.2) is 45.9 Å². The van der Waals surface area contributed by atoms with Crippen molar-refractivity contribution in [2.24, 2.45) is 5.92 Å². The third-order valence-electron chi connectivity index (χ3n) is 5.75. The summed E-state index contributed by atoms with van der Waals surface area (Å²) in [6, 6.07) is 5.72. The molecule has 2 N–H and O–H groups in total. The van der Waals surface area contributed by atoms with E-state index in [0.29, 0.717) is 37.1 Å². The van der Waals surface area contributed by atoms with E-state index in [9.17, 15) is 4.79 Å². The summed E-state index contributed by atoms with van der Waals surface area (Å²) in [6.07, 6.45) is 4.41. The van der Waals surface area contributed by atoms with Crippen LogP contribution in [0.25, 0.3) is 0 Å². The third kappa shape index (κ3) is 4.70. The van der Waals surface area contributed by atoms with Crippen molar-refractivity contribution in [1.82, 2.24) is 10.6 Å². The highest BCUT2D eigenvalue weighted by Crippen LogP contribution is 2.40. The molecule has 1 amide bonds. The van der Waals surface area contributed by atoms with Gasteiger partial charge in [0, 0.05) is 42.2 Å². The van der Waals surface area contributed by atoms with Crippen LogP contribution in [0.4, 0.5) is 0 Å². The van der Waals surface area contributed by atoms with E-state index in [1.54, 1.807) is 7.11 Å². The Bertz CT molecular complexity index is 611. The number of nitrogens with one attached hydrogen (secondary N) is 2. The minimum Gasteiger partial charge on any atom is -0.496 e. The predicted molar refractivity (Wildman–Crippen MR) is 103 cm³/mol. The summed E-state index contributed by atoms with van der Waals surface area (Å²) in [7, 11) is 1.67. The molecule has 3 rings (SSSR count). The van der Waals surface area contributed by atoms with Crippen molar-refractivity contribution in [3.05, 3.63) is 28.8 Å². The van der Waals surface area contributed by atoms with Crippen LogP contribution in [0.1, 0.15) is 37.7 Å². The number of methoxy groups -OCH3 is 1. The predicted octanol–water partition coefficient (Wildman–Crippen LogP) is 2.90. The van der Waals surface area contributed by atoms with Gasteiger partial charge in [-0.15, -0.1) is 0 Å². The van der Waals surface area contributed by atoms with Gasteiger partial charge in [-0.3, -0.25) is 4.79 Å². The number of halogens is 1. The molecule has 1 aromatic rings. The van der Waals surface area contributed by atoms with Crippen molar-refractivity contribution in [1.29, 1.82) is 0 Å². The van der Waals surface area contributed by atoms with Gasteiger partial charge in [0.15, 0.2) is 0 Å². The molecular formula is C20H29ClN2O3. The van der Waals surface area contributed by atoms with E-state index in [1.807, 2.05) is 18.2 Å². The van der Waals surface area contributed by atoms with Gasteiger partial charge in [-0.25, -0.2) is 0 Å². The summed E-state index contributed by atoms with van der Waals surface area (Å²) in [5, 5.41) is 7.21. The number of benzene rings is 1. The quantitative estimate of drug-likeness (QED) is 0.763. The van der Waals surface area contributed by atoms with Crippen LogP contribution in [0.5, 0.6) is 5.75 Å². The Morgan fingerprint density at radius 2 is 2.23 bits per heavy atom. The van der Waals surface area contributed by atoms with Gasteiger partial charge >= 0.3 is 0 Å². The first-order chi connectivity index (χ1) is 12.6. The number of carbonyl (C=O) groups excluding carboxylic acids is 1. The van der Waals surface area contributed by atoms with E-state index in [1.165, 1.54) is 6.42 Å². The Labute approximate surface area is 160 Å². The van der Waals surface area contributed by atoms with Crippen molar-refractivity contribution in [2.75, 3.05) is 40.0 Å². The fourth-order valence-electron chi connectivity index (χ4n) is 4.05. The van der Waals surface area contributed by atoms with Gasteiger partial charge < -0.3 is 20.1 Å². The standard InChI is InChI=1S/C20H29ClN2O3/c1-25-18-4-3-16(21)12-17(18)20(7-10-26-11-8-20)14-23-19(24)5-2-15-6-9-22-13-15/h3-4,12,15,22H,2,5-11,13-14H2,1H3,(H,23,24). The molecule has 2 fully saturated rings. The molecule has 2 saturated heterocycles. The SMILES string of the molecule is COc1ccc(Cl)cc1C1(CNC(=O)CCC2CCNC2)CCOCC1. The highest BCUT2D eigenvalue weighted by Gasteiger charge is 2.37. The van der Waals surface area contributed by atoms with Crippen molar-refractivity contribution in [3.8, 4) is 5.75 Å². The van der Waals surface area contributed by atoms with Crippen LogP contribution in [0.15, 0.2) is 18.2 Å². The molecule has 1 atom stereocenters. The number of carbonyl (C=O) groups is 1.